The Bertz CT molecular complexity index is 1040. The molecule has 164 valence electrons. The van der Waals surface area contributed by atoms with E-state index in [0.29, 0.717) is 18.8 Å². The van der Waals surface area contributed by atoms with Crippen LogP contribution in [-0.4, -0.2) is 47.6 Å². The molecule has 9 heteroatoms. The lowest BCUT2D eigenvalue weighted by atomic mass is 9.96. The first-order chi connectivity index (χ1) is 14.4. The maximum atomic E-state index is 11.9. The van der Waals surface area contributed by atoms with Crippen molar-refractivity contribution in [3.63, 3.8) is 0 Å². The molecule has 1 aliphatic carbocycles. The standard InChI is InChI=1S/C19H24BrN5O2S.C2H6/c1-28(26,27)15-6-2-5-14(7-8-15)23-18-10-17(13-4-3-9-21-11-13)24-19-16(20)12-22-25(18)19;1-2/h5,7-8,10,12-13,15,21,23H,2-4,6,9,11H2,1H3;1-2H3. The number of hydrogen-bond donors (Lipinski definition) is 2. The second-order valence-corrected chi connectivity index (χ2v) is 10.5. The van der Waals surface area contributed by atoms with Crippen molar-refractivity contribution >= 4 is 37.2 Å². The van der Waals surface area contributed by atoms with Gasteiger partial charge in [0.05, 0.1) is 21.6 Å². The summed E-state index contributed by atoms with van der Waals surface area (Å²) >= 11 is 3.54. The summed E-state index contributed by atoms with van der Waals surface area (Å²) in [4.78, 5) is 4.83. The second kappa shape index (κ2) is 10.1. The van der Waals surface area contributed by atoms with Crippen LogP contribution in [0, 0.1) is 0 Å². The second-order valence-electron chi connectivity index (χ2n) is 7.43. The number of hydrogen-bond acceptors (Lipinski definition) is 6. The average Bonchev–Trinajstić information content (AvgIpc) is 2.96. The molecule has 2 N–H and O–H groups in total. The molecule has 0 spiro atoms. The van der Waals surface area contributed by atoms with Gasteiger partial charge >= 0.3 is 0 Å². The first-order valence-electron chi connectivity index (χ1n) is 10.5. The molecule has 2 atom stereocenters. The third-order valence-corrected chi connectivity index (χ3v) is 7.34. The fraction of sp³-hybridized carbons (Fsp3) is 0.524. The first-order valence-corrected chi connectivity index (χ1v) is 13.3. The van der Waals surface area contributed by atoms with Crippen molar-refractivity contribution < 1.29 is 8.42 Å². The fourth-order valence-electron chi connectivity index (χ4n) is 3.73. The molecule has 0 amide bonds. The van der Waals surface area contributed by atoms with Gasteiger partial charge in [0, 0.05) is 30.5 Å². The molecule has 2 unspecified atom stereocenters. The summed E-state index contributed by atoms with van der Waals surface area (Å²) in [5, 5.41) is 10.9. The van der Waals surface area contributed by atoms with Crippen molar-refractivity contribution in [1.29, 1.82) is 0 Å². The predicted molar refractivity (Wildman–Crippen MR) is 126 cm³/mol. The van der Waals surface area contributed by atoms with E-state index >= 15 is 0 Å². The van der Waals surface area contributed by atoms with Gasteiger partial charge in [-0.3, -0.25) is 0 Å². The summed E-state index contributed by atoms with van der Waals surface area (Å²) in [5.41, 5.74) is 2.69. The molecule has 0 bridgehead atoms. The first kappa shape index (κ1) is 23.0. The van der Waals surface area contributed by atoms with E-state index in [1.165, 1.54) is 6.26 Å². The van der Waals surface area contributed by atoms with E-state index in [9.17, 15) is 8.42 Å². The van der Waals surface area contributed by atoms with E-state index < -0.39 is 15.1 Å². The Labute approximate surface area is 187 Å². The van der Waals surface area contributed by atoms with Crippen molar-refractivity contribution in [2.75, 3.05) is 24.7 Å². The van der Waals surface area contributed by atoms with Crippen molar-refractivity contribution in [3.8, 4) is 0 Å². The van der Waals surface area contributed by atoms with Gasteiger partial charge in [-0.25, -0.2) is 13.4 Å². The van der Waals surface area contributed by atoms with Crippen molar-refractivity contribution in [2.45, 2.75) is 50.7 Å². The van der Waals surface area contributed by atoms with Crippen LogP contribution in [0.3, 0.4) is 0 Å². The number of piperidine rings is 1. The van der Waals surface area contributed by atoms with Crippen LogP contribution >= 0.6 is 15.9 Å². The number of aromatic nitrogens is 3. The van der Waals surface area contributed by atoms with Crippen LogP contribution in [0.1, 0.15) is 51.1 Å². The van der Waals surface area contributed by atoms with Gasteiger partial charge in [-0.2, -0.15) is 9.61 Å². The molecule has 2 aromatic heterocycles. The number of fused-ring (bicyclic) bond motifs is 1. The van der Waals surface area contributed by atoms with Crippen molar-refractivity contribution in [1.82, 2.24) is 19.9 Å². The average molecular weight is 496 g/mol. The zero-order valence-corrected chi connectivity index (χ0v) is 20.1. The Hall–Kier alpha value is -1.71. The zero-order valence-electron chi connectivity index (χ0n) is 17.7. The highest BCUT2D eigenvalue weighted by atomic mass is 79.9. The summed E-state index contributed by atoms with van der Waals surface area (Å²) in [6, 6.07) is 2.05. The van der Waals surface area contributed by atoms with Crippen molar-refractivity contribution in [3.05, 3.63) is 46.4 Å². The summed E-state index contributed by atoms with van der Waals surface area (Å²) < 4.78 is 26.4. The number of allylic oxidation sites excluding steroid dienone is 2. The van der Waals surface area contributed by atoms with Crippen LogP contribution in [-0.2, 0) is 9.84 Å². The Kier molecular flexibility index (Phi) is 7.70. The van der Waals surface area contributed by atoms with Gasteiger partial charge in [0.1, 0.15) is 5.82 Å². The van der Waals surface area contributed by atoms with Crippen LogP contribution < -0.4 is 10.6 Å². The minimum Gasteiger partial charge on any atom is -0.340 e. The molecule has 0 saturated carbocycles. The number of halogens is 1. The van der Waals surface area contributed by atoms with E-state index in [1.54, 1.807) is 16.8 Å². The van der Waals surface area contributed by atoms with Crippen LogP contribution in [0.25, 0.3) is 5.65 Å². The minimum absolute atomic E-state index is 0.370. The van der Waals surface area contributed by atoms with E-state index in [0.717, 1.165) is 53.3 Å². The molecule has 3 heterocycles. The lowest BCUT2D eigenvalue weighted by molar-refractivity contribution is 0.455. The number of rotatable bonds is 4. The highest BCUT2D eigenvalue weighted by Gasteiger charge is 2.21. The van der Waals surface area contributed by atoms with Gasteiger partial charge in [-0.05, 0) is 54.2 Å². The van der Waals surface area contributed by atoms with E-state index in [-0.39, 0.29) is 0 Å². The van der Waals surface area contributed by atoms with Crippen LogP contribution in [0.5, 0.6) is 0 Å². The number of sulfone groups is 1. The van der Waals surface area contributed by atoms with Crippen LogP contribution in [0.15, 0.2) is 40.7 Å². The highest BCUT2D eigenvalue weighted by molar-refractivity contribution is 9.10. The van der Waals surface area contributed by atoms with Gasteiger partial charge in [-0.1, -0.05) is 26.0 Å². The minimum atomic E-state index is -3.09. The molecular weight excluding hydrogens is 466 g/mol. The van der Waals surface area contributed by atoms with E-state index in [4.69, 9.17) is 4.98 Å². The Morgan fingerprint density at radius 3 is 2.80 bits per heavy atom. The molecule has 1 saturated heterocycles. The molecule has 4 rings (SSSR count). The molecule has 0 aromatic carbocycles. The predicted octanol–water partition coefficient (Wildman–Crippen LogP) is 4.04. The van der Waals surface area contributed by atoms with Crippen LogP contribution in [0.2, 0.25) is 0 Å². The monoisotopic (exact) mass is 495 g/mol. The van der Waals surface area contributed by atoms with E-state index in [2.05, 4.69) is 37.7 Å². The lowest BCUT2D eigenvalue weighted by Crippen LogP contribution is -2.29. The molecular formula is C21H30BrN5O2S. The molecule has 1 fully saturated rings. The molecule has 30 heavy (non-hydrogen) atoms. The van der Waals surface area contributed by atoms with Gasteiger partial charge < -0.3 is 10.6 Å². The zero-order chi connectivity index (χ0) is 21.7. The summed E-state index contributed by atoms with van der Waals surface area (Å²) in [5.74, 6) is 1.19. The Balaban J connectivity index is 0.00000124. The summed E-state index contributed by atoms with van der Waals surface area (Å²) in [6.07, 6.45) is 12.2. The SMILES string of the molecule is CC.CS(=O)(=O)C1C=CC(Nc2cc(C3CCCNC3)nc3c(Br)cnn23)=CCC1. The maximum absolute atomic E-state index is 11.9. The Morgan fingerprint density at radius 1 is 1.30 bits per heavy atom. The molecule has 2 aliphatic rings. The Morgan fingerprint density at radius 2 is 2.10 bits per heavy atom. The topological polar surface area (TPSA) is 88.4 Å². The van der Waals surface area contributed by atoms with Gasteiger partial charge in [0.15, 0.2) is 15.5 Å². The number of anilines is 1. The summed E-state index contributed by atoms with van der Waals surface area (Å²) in [7, 11) is -3.09. The van der Waals surface area contributed by atoms with Gasteiger partial charge in [-0.15, -0.1) is 0 Å². The highest BCUT2D eigenvalue weighted by Crippen LogP contribution is 2.28. The number of nitrogens with zero attached hydrogens (tertiary/aromatic N) is 3. The van der Waals surface area contributed by atoms with Crippen LogP contribution in [0.4, 0.5) is 5.82 Å². The van der Waals surface area contributed by atoms with Crippen molar-refractivity contribution in [2.24, 2.45) is 0 Å². The van der Waals surface area contributed by atoms with Gasteiger partial charge in [0.25, 0.3) is 0 Å². The van der Waals surface area contributed by atoms with E-state index in [1.807, 2.05) is 26.0 Å². The largest absolute Gasteiger partial charge is 0.340 e. The third kappa shape index (κ3) is 5.31. The molecule has 7 nitrogen and oxygen atoms in total. The summed E-state index contributed by atoms with van der Waals surface area (Å²) in [6.45, 7) is 5.98. The maximum Gasteiger partial charge on any atom is 0.171 e. The molecule has 0 radical (unpaired) electrons. The lowest BCUT2D eigenvalue weighted by Gasteiger charge is -2.23. The normalized spacial score (nSPS) is 22.1. The van der Waals surface area contributed by atoms with Gasteiger partial charge in [0.2, 0.25) is 0 Å². The molecule has 2 aromatic rings. The quantitative estimate of drug-likeness (QED) is 0.664. The third-order valence-electron chi connectivity index (χ3n) is 5.29. The smallest absolute Gasteiger partial charge is 0.171 e. The number of nitrogens with one attached hydrogen (secondary N) is 2. The molecule has 1 aliphatic heterocycles. The fourth-order valence-corrected chi connectivity index (χ4v) is 5.01.